The summed E-state index contributed by atoms with van der Waals surface area (Å²) in [5.74, 6) is 0.853. The fourth-order valence-corrected chi connectivity index (χ4v) is 2.16. The average Bonchev–Trinajstić information content (AvgIpc) is 2.83. The zero-order valence-electron chi connectivity index (χ0n) is 9.50. The van der Waals surface area contributed by atoms with E-state index in [1.165, 1.54) is 0 Å². The minimum atomic E-state index is 0.476. The Morgan fingerprint density at radius 3 is 2.65 bits per heavy atom. The van der Waals surface area contributed by atoms with Crippen LogP contribution in [0.25, 0.3) is 0 Å². The number of para-hydroxylation sites is 1. The molecule has 5 heteroatoms. The van der Waals surface area contributed by atoms with Crippen molar-refractivity contribution >= 4 is 11.3 Å². The third-order valence-electron chi connectivity index (χ3n) is 2.21. The van der Waals surface area contributed by atoms with E-state index in [2.05, 4.69) is 10.2 Å². The molecule has 0 aliphatic rings. The summed E-state index contributed by atoms with van der Waals surface area (Å²) in [4.78, 5) is 0. The van der Waals surface area contributed by atoms with Gasteiger partial charge in [-0.3, -0.25) is 0 Å². The van der Waals surface area contributed by atoms with Gasteiger partial charge in [-0.15, -0.1) is 10.2 Å². The van der Waals surface area contributed by atoms with E-state index >= 15 is 0 Å². The van der Waals surface area contributed by atoms with Crippen LogP contribution in [0.5, 0.6) is 5.75 Å². The molecular formula is C12H15N3OS. The van der Waals surface area contributed by atoms with Gasteiger partial charge < -0.3 is 10.5 Å². The number of hydrogen-bond donors (Lipinski definition) is 1. The van der Waals surface area contributed by atoms with E-state index in [1.807, 2.05) is 30.3 Å². The Kier molecular flexibility index (Phi) is 4.46. The lowest BCUT2D eigenvalue weighted by Gasteiger charge is -2.01. The van der Waals surface area contributed by atoms with Gasteiger partial charge in [-0.2, -0.15) is 0 Å². The molecule has 2 aromatic rings. The van der Waals surface area contributed by atoms with Crippen LogP contribution in [0.3, 0.4) is 0 Å². The molecule has 1 aromatic carbocycles. The highest BCUT2D eigenvalue weighted by Gasteiger charge is 2.04. The molecule has 0 saturated carbocycles. The molecule has 0 aliphatic carbocycles. The van der Waals surface area contributed by atoms with Crippen LogP contribution in [0.1, 0.15) is 16.4 Å². The van der Waals surface area contributed by atoms with Crippen LogP contribution in [0.4, 0.5) is 0 Å². The van der Waals surface area contributed by atoms with E-state index < -0.39 is 0 Å². The number of aryl methyl sites for hydroxylation is 1. The normalized spacial score (nSPS) is 10.4. The van der Waals surface area contributed by atoms with E-state index in [4.69, 9.17) is 10.5 Å². The zero-order valence-corrected chi connectivity index (χ0v) is 10.3. The number of hydrogen-bond acceptors (Lipinski definition) is 5. The Hall–Kier alpha value is -1.46. The van der Waals surface area contributed by atoms with Gasteiger partial charge in [-0.05, 0) is 25.1 Å². The Morgan fingerprint density at radius 2 is 1.88 bits per heavy atom. The van der Waals surface area contributed by atoms with Crippen molar-refractivity contribution in [2.75, 3.05) is 6.54 Å². The summed E-state index contributed by atoms with van der Waals surface area (Å²) in [6.07, 6.45) is 1.85. The second-order valence-electron chi connectivity index (χ2n) is 3.58. The van der Waals surface area contributed by atoms with E-state index in [-0.39, 0.29) is 0 Å². The Bertz CT molecular complexity index is 444. The molecule has 0 saturated heterocycles. The quantitative estimate of drug-likeness (QED) is 0.850. The van der Waals surface area contributed by atoms with Crippen LogP contribution < -0.4 is 10.5 Å². The van der Waals surface area contributed by atoms with Crippen molar-refractivity contribution in [2.24, 2.45) is 5.73 Å². The van der Waals surface area contributed by atoms with Crippen LogP contribution in [0.15, 0.2) is 30.3 Å². The molecule has 0 atom stereocenters. The third-order valence-corrected chi connectivity index (χ3v) is 3.17. The van der Waals surface area contributed by atoms with Gasteiger partial charge in [-0.1, -0.05) is 29.5 Å². The van der Waals surface area contributed by atoms with Gasteiger partial charge in [0.15, 0.2) is 5.01 Å². The molecular weight excluding hydrogens is 234 g/mol. The smallest absolute Gasteiger partial charge is 0.155 e. The molecule has 4 nitrogen and oxygen atoms in total. The Balaban J connectivity index is 1.85. The van der Waals surface area contributed by atoms with Crippen LogP contribution in [0.2, 0.25) is 0 Å². The first-order chi connectivity index (χ1) is 8.38. The fourth-order valence-electron chi connectivity index (χ4n) is 1.36. The third kappa shape index (κ3) is 3.80. The molecule has 0 spiro atoms. The van der Waals surface area contributed by atoms with Crippen LogP contribution in [-0.4, -0.2) is 16.7 Å². The minimum absolute atomic E-state index is 0.476. The van der Waals surface area contributed by atoms with Gasteiger partial charge in [0, 0.05) is 6.42 Å². The minimum Gasteiger partial charge on any atom is -0.486 e. The summed E-state index contributed by atoms with van der Waals surface area (Å²) in [5.41, 5.74) is 5.45. The zero-order chi connectivity index (χ0) is 11.9. The van der Waals surface area contributed by atoms with Gasteiger partial charge in [0.25, 0.3) is 0 Å². The van der Waals surface area contributed by atoms with Crippen LogP contribution >= 0.6 is 11.3 Å². The van der Waals surface area contributed by atoms with Crippen LogP contribution in [-0.2, 0) is 13.0 Å². The number of nitrogens with zero attached hydrogens (tertiary/aromatic N) is 2. The molecule has 0 amide bonds. The highest BCUT2D eigenvalue weighted by atomic mass is 32.1. The Labute approximate surface area is 104 Å². The lowest BCUT2D eigenvalue weighted by molar-refractivity contribution is 0.304. The number of ether oxygens (including phenoxy) is 1. The molecule has 0 aliphatic heterocycles. The molecule has 1 heterocycles. The van der Waals surface area contributed by atoms with Gasteiger partial charge in [0.2, 0.25) is 0 Å². The number of nitrogens with two attached hydrogens (primary N) is 1. The largest absolute Gasteiger partial charge is 0.486 e. The SMILES string of the molecule is NCCCc1nnc(COc2ccccc2)s1. The second kappa shape index (κ2) is 6.32. The Morgan fingerprint density at radius 1 is 1.12 bits per heavy atom. The van der Waals surface area contributed by atoms with Crippen molar-refractivity contribution < 1.29 is 4.74 Å². The molecule has 0 unspecified atom stereocenters. The maximum absolute atomic E-state index is 5.59. The summed E-state index contributed by atoms with van der Waals surface area (Å²) in [7, 11) is 0. The fraction of sp³-hybridized carbons (Fsp3) is 0.333. The highest BCUT2D eigenvalue weighted by molar-refractivity contribution is 7.11. The predicted octanol–water partition coefficient (Wildman–Crippen LogP) is 2.01. The maximum Gasteiger partial charge on any atom is 0.155 e. The molecule has 0 radical (unpaired) electrons. The summed E-state index contributed by atoms with van der Waals surface area (Å²) in [6, 6.07) is 9.71. The topological polar surface area (TPSA) is 61.0 Å². The first kappa shape index (κ1) is 12.0. The standard InChI is InChI=1S/C12H15N3OS/c13-8-4-7-11-14-15-12(17-11)9-16-10-5-2-1-3-6-10/h1-3,5-6H,4,7-9,13H2. The van der Waals surface area contributed by atoms with Crippen molar-refractivity contribution in [3.63, 3.8) is 0 Å². The van der Waals surface area contributed by atoms with E-state index in [9.17, 15) is 0 Å². The second-order valence-corrected chi connectivity index (χ2v) is 4.73. The lowest BCUT2D eigenvalue weighted by atomic mass is 10.3. The highest BCUT2D eigenvalue weighted by Crippen LogP contribution is 2.15. The number of rotatable bonds is 6. The van der Waals surface area contributed by atoms with Crippen LogP contribution in [0, 0.1) is 0 Å². The maximum atomic E-state index is 5.59. The van der Waals surface area contributed by atoms with Crippen molar-refractivity contribution in [2.45, 2.75) is 19.4 Å². The first-order valence-electron chi connectivity index (χ1n) is 5.57. The van der Waals surface area contributed by atoms with Crippen molar-refractivity contribution in [1.82, 2.24) is 10.2 Å². The summed E-state index contributed by atoms with van der Waals surface area (Å²) in [5, 5.41) is 10.1. The van der Waals surface area contributed by atoms with Gasteiger partial charge in [-0.25, -0.2) is 0 Å². The summed E-state index contributed by atoms with van der Waals surface area (Å²) >= 11 is 1.59. The predicted molar refractivity (Wildman–Crippen MR) is 68.1 cm³/mol. The molecule has 0 bridgehead atoms. The molecule has 90 valence electrons. The summed E-state index contributed by atoms with van der Waals surface area (Å²) < 4.78 is 5.59. The molecule has 17 heavy (non-hydrogen) atoms. The lowest BCUT2D eigenvalue weighted by Crippen LogP contribution is -1.99. The van der Waals surface area contributed by atoms with E-state index in [1.54, 1.807) is 11.3 Å². The monoisotopic (exact) mass is 249 g/mol. The number of benzene rings is 1. The van der Waals surface area contributed by atoms with Gasteiger partial charge in [0.1, 0.15) is 17.4 Å². The van der Waals surface area contributed by atoms with Gasteiger partial charge in [0.05, 0.1) is 0 Å². The van der Waals surface area contributed by atoms with E-state index in [0.29, 0.717) is 13.2 Å². The summed E-state index contributed by atoms with van der Waals surface area (Å²) in [6.45, 7) is 1.17. The first-order valence-corrected chi connectivity index (χ1v) is 6.39. The van der Waals surface area contributed by atoms with Crippen molar-refractivity contribution in [1.29, 1.82) is 0 Å². The van der Waals surface area contributed by atoms with Gasteiger partial charge >= 0.3 is 0 Å². The molecule has 2 rings (SSSR count). The molecule has 2 N–H and O–H groups in total. The number of aromatic nitrogens is 2. The molecule has 1 aromatic heterocycles. The van der Waals surface area contributed by atoms with Crippen molar-refractivity contribution in [3.8, 4) is 5.75 Å². The average molecular weight is 249 g/mol. The van der Waals surface area contributed by atoms with E-state index in [0.717, 1.165) is 28.6 Å². The molecule has 0 fully saturated rings. The van der Waals surface area contributed by atoms with Crippen molar-refractivity contribution in [3.05, 3.63) is 40.3 Å².